The molecule has 2 atom stereocenters. The lowest BCUT2D eigenvalue weighted by atomic mass is 10.0. The van der Waals surface area contributed by atoms with Crippen LogP contribution in [0, 0.1) is 17.2 Å². The van der Waals surface area contributed by atoms with Crippen LogP contribution in [0.4, 0.5) is 5.82 Å². The number of pyridine rings is 1. The van der Waals surface area contributed by atoms with Gasteiger partial charge in [0.25, 0.3) is 0 Å². The lowest BCUT2D eigenvalue weighted by Gasteiger charge is -2.26. The van der Waals surface area contributed by atoms with Gasteiger partial charge >= 0.3 is 0 Å². The number of hydrogen-bond donors (Lipinski definition) is 1. The van der Waals surface area contributed by atoms with E-state index < -0.39 is 0 Å². The number of nitriles is 1. The van der Waals surface area contributed by atoms with Crippen LogP contribution in [0.3, 0.4) is 0 Å². The summed E-state index contributed by atoms with van der Waals surface area (Å²) in [4.78, 5) is 7.22. The molecule has 3 aliphatic rings. The number of rotatable bonds is 1. The fourth-order valence-corrected chi connectivity index (χ4v) is 3.87. The summed E-state index contributed by atoms with van der Waals surface area (Å²) in [6.07, 6.45) is 4.57. The standard InChI is InChI=1S/C15H18N4/c16-7-12-6-10-2-1-3-13(10)18-15(12)19-5-4-11-8-17-9-14(11)19/h6,11,14,17H,1-5,8-9H2/t11-,14+/m0/s1. The predicted molar refractivity (Wildman–Crippen MR) is 73.1 cm³/mol. The average molecular weight is 254 g/mol. The van der Waals surface area contributed by atoms with E-state index in [4.69, 9.17) is 4.98 Å². The van der Waals surface area contributed by atoms with Crippen LogP contribution in [0.5, 0.6) is 0 Å². The Hall–Kier alpha value is -1.60. The summed E-state index contributed by atoms with van der Waals surface area (Å²) in [6, 6.07) is 4.98. The molecule has 2 aliphatic heterocycles. The van der Waals surface area contributed by atoms with E-state index in [-0.39, 0.29) is 0 Å². The Morgan fingerprint density at radius 1 is 1.37 bits per heavy atom. The molecule has 1 N–H and O–H groups in total. The fraction of sp³-hybridized carbons (Fsp3) is 0.600. The predicted octanol–water partition coefficient (Wildman–Crippen LogP) is 1.24. The molecule has 1 aliphatic carbocycles. The lowest BCUT2D eigenvalue weighted by Crippen LogP contribution is -2.35. The molecule has 3 heterocycles. The van der Waals surface area contributed by atoms with Crippen molar-refractivity contribution in [3.63, 3.8) is 0 Å². The van der Waals surface area contributed by atoms with Crippen LogP contribution in [0.1, 0.15) is 29.7 Å². The van der Waals surface area contributed by atoms with E-state index in [2.05, 4.69) is 22.4 Å². The van der Waals surface area contributed by atoms with Crippen molar-refractivity contribution in [3.8, 4) is 6.07 Å². The molecule has 0 unspecified atom stereocenters. The van der Waals surface area contributed by atoms with Gasteiger partial charge in [-0.3, -0.25) is 0 Å². The van der Waals surface area contributed by atoms with E-state index in [0.717, 1.165) is 49.8 Å². The Kier molecular flexibility index (Phi) is 2.49. The Bertz CT molecular complexity index is 560. The molecule has 0 aromatic carbocycles. The van der Waals surface area contributed by atoms with Crippen molar-refractivity contribution in [2.45, 2.75) is 31.7 Å². The number of fused-ring (bicyclic) bond motifs is 2. The van der Waals surface area contributed by atoms with E-state index >= 15 is 0 Å². The number of aryl methyl sites for hydroxylation is 2. The molecule has 2 fully saturated rings. The van der Waals surface area contributed by atoms with Gasteiger partial charge in [0.15, 0.2) is 0 Å². The van der Waals surface area contributed by atoms with Crippen molar-refractivity contribution in [3.05, 3.63) is 22.9 Å². The third-order valence-corrected chi connectivity index (χ3v) is 4.87. The normalized spacial score (nSPS) is 28.3. The van der Waals surface area contributed by atoms with Gasteiger partial charge in [0.05, 0.1) is 5.56 Å². The van der Waals surface area contributed by atoms with Gasteiger partial charge in [-0.05, 0) is 43.2 Å². The van der Waals surface area contributed by atoms with Crippen LogP contribution in [0.25, 0.3) is 0 Å². The topological polar surface area (TPSA) is 52.0 Å². The van der Waals surface area contributed by atoms with Crippen molar-refractivity contribution in [1.82, 2.24) is 10.3 Å². The van der Waals surface area contributed by atoms with Crippen LogP contribution in [0.2, 0.25) is 0 Å². The molecular formula is C15H18N4. The third-order valence-electron chi connectivity index (χ3n) is 4.87. The third kappa shape index (κ3) is 1.65. The first-order chi connectivity index (χ1) is 9.36. The van der Waals surface area contributed by atoms with Gasteiger partial charge in [-0.1, -0.05) is 0 Å². The van der Waals surface area contributed by atoms with E-state index in [9.17, 15) is 5.26 Å². The Morgan fingerprint density at radius 2 is 2.32 bits per heavy atom. The molecule has 1 aromatic rings. The summed E-state index contributed by atoms with van der Waals surface area (Å²) in [5.74, 6) is 1.68. The average Bonchev–Trinajstić information content (AvgIpc) is 3.12. The van der Waals surface area contributed by atoms with Gasteiger partial charge < -0.3 is 10.2 Å². The molecular weight excluding hydrogens is 236 g/mol. The van der Waals surface area contributed by atoms with Gasteiger partial charge in [-0.2, -0.15) is 5.26 Å². The molecule has 0 amide bonds. The molecule has 0 radical (unpaired) electrons. The van der Waals surface area contributed by atoms with E-state index in [1.54, 1.807) is 0 Å². The van der Waals surface area contributed by atoms with Gasteiger partial charge in [0, 0.05) is 31.4 Å². The highest BCUT2D eigenvalue weighted by atomic mass is 15.3. The minimum Gasteiger partial charge on any atom is -0.351 e. The largest absolute Gasteiger partial charge is 0.351 e. The second-order valence-electron chi connectivity index (χ2n) is 5.90. The fourth-order valence-electron chi connectivity index (χ4n) is 3.87. The maximum Gasteiger partial charge on any atom is 0.147 e. The zero-order chi connectivity index (χ0) is 12.8. The van der Waals surface area contributed by atoms with E-state index in [1.165, 1.54) is 24.1 Å². The maximum atomic E-state index is 9.42. The second-order valence-corrected chi connectivity index (χ2v) is 5.90. The first-order valence-corrected chi connectivity index (χ1v) is 7.27. The highest BCUT2D eigenvalue weighted by Crippen LogP contribution is 2.34. The smallest absolute Gasteiger partial charge is 0.147 e. The van der Waals surface area contributed by atoms with Gasteiger partial charge in [-0.15, -0.1) is 0 Å². The van der Waals surface area contributed by atoms with E-state index in [1.807, 2.05) is 0 Å². The maximum absolute atomic E-state index is 9.42. The van der Waals surface area contributed by atoms with Gasteiger partial charge in [-0.25, -0.2) is 4.98 Å². The van der Waals surface area contributed by atoms with Crippen molar-refractivity contribution >= 4 is 5.82 Å². The van der Waals surface area contributed by atoms with E-state index in [0.29, 0.717) is 6.04 Å². The van der Waals surface area contributed by atoms with Crippen molar-refractivity contribution in [1.29, 1.82) is 5.26 Å². The SMILES string of the molecule is N#Cc1cc2c(nc1N1CC[C@H]3CNC[C@H]31)CCC2. The highest BCUT2D eigenvalue weighted by molar-refractivity contribution is 5.58. The first-order valence-electron chi connectivity index (χ1n) is 7.27. The number of hydrogen-bond acceptors (Lipinski definition) is 4. The summed E-state index contributed by atoms with van der Waals surface area (Å²) < 4.78 is 0. The Morgan fingerprint density at radius 3 is 3.21 bits per heavy atom. The molecule has 1 aromatic heterocycles. The number of aromatic nitrogens is 1. The van der Waals surface area contributed by atoms with Crippen molar-refractivity contribution < 1.29 is 0 Å². The number of nitrogens with zero attached hydrogens (tertiary/aromatic N) is 3. The number of anilines is 1. The summed E-state index contributed by atoms with van der Waals surface area (Å²) in [5.41, 5.74) is 3.29. The van der Waals surface area contributed by atoms with Crippen molar-refractivity contribution in [2.24, 2.45) is 5.92 Å². The van der Waals surface area contributed by atoms with Crippen LogP contribution < -0.4 is 10.2 Å². The molecule has 0 bridgehead atoms. The monoisotopic (exact) mass is 254 g/mol. The molecule has 4 nitrogen and oxygen atoms in total. The minimum atomic E-state index is 0.541. The molecule has 0 spiro atoms. The summed E-state index contributed by atoms with van der Waals surface area (Å²) in [5, 5.41) is 12.9. The second kappa shape index (κ2) is 4.21. The van der Waals surface area contributed by atoms with Crippen LogP contribution in [-0.4, -0.2) is 30.7 Å². The zero-order valence-electron chi connectivity index (χ0n) is 11.0. The Labute approximate surface area is 113 Å². The number of nitrogens with one attached hydrogen (secondary N) is 1. The summed E-state index contributed by atoms with van der Waals surface area (Å²) >= 11 is 0. The summed E-state index contributed by atoms with van der Waals surface area (Å²) in [7, 11) is 0. The zero-order valence-corrected chi connectivity index (χ0v) is 11.0. The van der Waals surface area contributed by atoms with Crippen molar-refractivity contribution in [2.75, 3.05) is 24.5 Å². The minimum absolute atomic E-state index is 0.541. The van der Waals surface area contributed by atoms with Crippen LogP contribution in [0.15, 0.2) is 6.07 Å². The molecule has 0 saturated carbocycles. The van der Waals surface area contributed by atoms with Crippen LogP contribution >= 0.6 is 0 Å². The van der Waals surface area contributed by atoms with Crippen LogP contribution in [-0.2, 0) is 12.8 Å². The highest BCUT2D eigenvalue weighted by Gasteiger charge is 2.39. The molecule has 4 heteroatoms. The Balaban J connectivity index is 1.76. The quantitative estimate of drug-likeness (QED) is 0.819. The molecule has 4 rings (SSSR count). The lowest BCUT2D eigenvalue weighted by molar-refractivity contribution is 0.577. The molecule has 19 heavy (non-hydrogen) atoms. The van der Waals surface area contributed by atoms with Gasteiger partial charge in [0.1, 0.15) is 11.9 Å². The summed E-state index contributed by atoms with van der Waals surface area (Å²) in [6.45, 7) is 3.21. The molecule has 98 valence electrons. The first kappa shape index (κ1) is 11.2. The molecule has 2 saturated heterocycles. The van der Waals surface area contributed by atoms with Gasteiger partial charge in [0.2, 0.25) is 0 Å².